The van der Waals surface area contributed by atoms with Crippen molar-refractivity contribution in [3.8, 4) is 5.75 Å². The Hall–Kier alpha value is -2.04. The lowest BCUT2D eigenvalue weighted by Crippen LogP contribution is -2.37. The van der Waals surface area contributed by atoms with E-state index in [1.54, 1.807) is 11.8 Å². The number of hydrogen-bond donors (Lipinski definition) is 1. The summed E-state index contributed by atoms with van der Waals surface area (Å²) in [6, 6.07) is 7.38. The van der Waals surface area contributed by atoms with Crippen LogP contribution in [0.3, 0.4) is 0 Å². The van der Waals surface area contributed by atoms with Crippen molar-refractivity contribution in [3.63, 3.8) is 0 Å². The zero-order chi connectivity index (χ0) is 15.8. The largest absolute Gasteiger partial charge is 0.491 e. The summed E-state index contributed by atoms with van der Waals surface area (Å²) in [7, 11) is 0. The number of carbonyl (C=O) groups excluding carboxylic acids is 2. The van der Waals surface area contributed by atoms with Crippen LogP contribution in [0.4, 0.5) is 5.69 Å². The summed E-state index contributed by atoms with van der Waals surface area (Å²) >= 11 is 0. The maximum Gasteiger partial charge on any atom is 0.223 e. The SMILES string of the molecule is CCC(=O)NCCN(C(C)=O)c1ccc(OC(C)C)cc1. The molecule has 1 aromatic carbocycles. The average molecular weight is 292 g/mol. The summed E-state index contributed by atoms with van der Waals surface area (Å²) in [5.74, 6) is 0.703. The monoisotopic (exact) mass is 292 g/mol. The maximum atomic E-state index is 11.7. The Morgan fingerprint density at radius 1 is 1.24 bits per heavy atom. The van der Waals surface area contributed by atoms with Crippen molar-refractivity contribution in [2.24, 2.45) is 0 Å². The number of benzene rings is 1. The molecule has 0 radical (unpaired) electrons. The van der Waals surface area contributed by atoms with Crippen LogP contribution in [0, 0.1) is 0 Å². The molecule has 0 unspecified atom stereocenters. The number of hydrogen-bond acceptors (Lipinski definition) is 3. The number of rotatable bonds is 7. The van der Waals surface area contributed by atoms with E-state index in [1.165, 1.54) is 6.92 Å². The second-order valence-electron chi connectivity index (χ2n) is 5.03. The van der Waals surface area contributed by atoms with Crippen LogP contribution in [0.25, 0.3) is 0 Å². The van der Waals surface area contributed by atoms with E-state index in [0.717, 1.165) is 11.4 Å². The Kier molecular flexibility index (Phi) is 6.72. The van der Waals surface area contributed by atoms with Gasteiger partial charge in [0.05, 0.1) is 6.10 Å². The molecule has 0 bridgehead atoms. The fourth-order valence-corrected chi connectivity index (χ4v) is 1.88. The van der Waals surface area contributed by atoms with E-state index < -0.39 is 0 Å². The second kappa shape index (κ2) is 8.29. The molecule has 116 valence electrons. The van der Waals surface area contributed by atoms with Crippen LogP contribution in [-0.2, 0) is 9.59 Å². The van der Waals surface area contributed by atoms with Gasteiger partial charge in [0, 0.05) is 32.1 Å². The maximum absolute atomic E-state index is 11.7. The average Bonchev–Trinajstić information content (AvgIpc) is 2.43. The first-order valence-electron chi connectivity index (χ1n) is 7.25. The lowest BCUT2D eigenvalue weighted by atomic mass is 10.2. The predicted molar refractivity (Wildman–Crippen MR) is 83.5 cm³/mol. The molecule has 0 aliphatic rings. The van der Waals surface area contributed by atoms with Crippen LogP contribution in [0.15, 0.2) is 24.3 Å². The Labute approximate surface area is 126 Å². The van der Waals surface area contributed by atoms with Crippen molar-refractivity contribution < 1.29 is 14.3 Å². The van der Waals surface area contributed by atoms with Gasteiger partial charge in [-0.05, 0) is 38.1 Å². The first-order valence-corrected chi connectivity index (χ1v) is 7.25. The zero-order valence-corrected chi connectivity index (χ0v) is 13.2. The highest BCUT2D eigenvalue weighted by Gasteiger charge is 2.11. The van der Waals surface area contributed by atoms with Crippen LogP contribution in [-0.4, -0.2) is 31.0 Å². The highest BCUT2D eigenvalue weighted by molar-refractivity contribution is 5.91. The predicted octanol–water partition coefficient (Wildman–Crippen LogP) is 2.35. The minimum absolute atomic E-state index is 0.0146. The number of anilines is 1. The van der Waals surface area contributed by atoms with Gasteiger partial charge >= 0.3 is 0 Å². The third-order valence-electron chi connectivity index (χ3n) is 2.88. The first kappa shape index (κ1) is 17.0. The van der Waals surface area contributed by atoms with E-state index in [-0.39, 0.29) is 17.9 Å². The van der Waals surface area contributed by atoms with Gasteiger partial charge in [-0.1, -0.05) is 6.92 Å². The zero-order valence-electron chi connectivity index (χ0n) is 13.2. The van der Waals surface area contributed by atoms with Gasteiger partial charge in [0.2, 0.25) is 11.8 Å². The summed E-state index contributed by atoms with van der Waals surface area (Å²) < 4.78 is 5.58. The molecule has 5 heteroatoms. The minimum atomic E-state index is -0.0572. The standard InChI is InChI=1S/C16H24N2O3/c1-5-16(20)17-10-11-18(13(4)19)14-6-8-15(9-7-14)21-12(2)3/h6-9,12H,5,10-11H2,1-4H3,(H,17,20). The van der Waals surface area contributed by atoms with E-state index in [9.17, 15) is 9.59 Å². The fourth-order valence-electron chi connectivity index (χ4n) is 1.88. The molecule has 0 aliphatic carbocycles. The van der Waals surface area contributed by atoms with Gasteiger partial charge in [-0.25, -0.2) is 0 Å². The Morgan fingerprint density at radius 2 is 1.86 bits per heavy atom. The van der Waals surface area contributed by atoms with Crippen LogP contribution in [0.2, 0.25) is 0 Å². The number of ether oxygens (including phenoxy) is 1. The van der Waals surface area contributed by atoms with Gasteiger partial charge in [0.1, 0.15) is 5.75 Å². The lowest BCUT2D eigenvalue weighted by molar-refractivity contribution is -0.121. The molecule has 0 fully saturated rings. The molecule has 0 atom stereocenters. The fraction of sp³-hybridized carbons (Fsp3) is 0.500. The Morgan fingerprint density at radius 3 is 2.33 bits per heavy atom. The van der Waals surface area contributed by atoms with E-state index in [2.05, 4.69) is 5.32 Å². The van der Waals surface area contributed by atoms with E-state index in [0.29, 0.717) is 19.5 Å². The van der Waals surface area contributed by atoms with Gasteiger partial charge < -0.3 is 15.0 Å². The quantitative estimate of drug-likeness (QED) is 0.839. The molecule has 21 heavy (non-hydrogen) atoms. The van der Waals surface area contributed by atoms with Crippen molar-refractivity contribution in [1.82, 2.24) is 5.32 Å². The molecule has 0 spiro atoms. The molecular formula is C16H24N2O3. The Balaban J connectivity index is 2.67. The van der Waals surface area contributed by atoms with Crippen LogP contribution < -0.4 is 15.0 Å². The van der Waals surface area contributed by atoms with Crippen LogP contribution in [0.5, 0.6) is 5.75 Å². The van der Waals surface area contributed by atoms with E-state index >= 15 is 0 Å². The lowest BCUT2D eigenvalue weighted by Gasteiger charge is -2.22. The second-order valence-corrected chi connectivity index (χ2v) is 5.03. The number of nitrogens with one attached hydrogen (secondary N) is 1. The summed E-state index contributed by atoms with van der Waals surface area (Å²) in [5, 5.41) is 2.77. The molecule has 0 heterocycles. The molecule has 0 saturated carbocycles. The number of amides is 2. The summed E-state index contributed by atoms with van der Waals surface area (Å²) in [5.41, 5.74) is 0.796. The van der Waals surface area contributed by atoms with Crippen molar-refractivity contribution in [2.75, 3.05) is 18.0 Å². The molecule has 0 aromatic heterocycles. The summed E-state index contributed by atoms with van der Waals surface area (Å²) in [6.07, 6.45) is 0.561. The number of carbonyl (C=O) groups is 2. The molecular weight excluding hydrogens is 268 g/mol. The summed E-state index contributed by atoms with van der Waals surface area (Å²) in [6.45, 7) is 8.13. The molecule has 0 aliphatic heterocycles. The third kappa shape index (κ3) is 5.85. The molecule has 0 saturated heterocycles. The first-order chi connectivity index (χ1) is 9.93. The van der Waals surface area contributed by atoms with Gasteiger partial charge in [0.25, 0.3) is 0 Å². The summed E-state index contributed by atoms with van der Waals surface area (Å²) in [4.78, 5) is 24.6. The third-order valence-corrected chi connectivity index (χ3v) is 2.88. The topological polar surface area (TPSA) is 58.6 Å². The van der Waals surface area contributed by atoms with Gasteiger partial charge in [-0.15, -0.1) is 0 Å². The van der Waals surface area contributed by atoms with Crippen molar-refractivity contribution in [2.45, 2.75) is 40.2 Å². The minimum Gasteiger partial charge on any atom is -0.491 e. The van der Waals surface area contributed by atoms with Gasteiger partial charge in [-0.2, -0.15) is 0 Å². The molecule has 1 N–H and O–H groups in total. The highest BCUT2D eigenvalue weighted by atomic mass is 16.5. The molecule has 2 amide bonds. The normalized spacial score (nSPS) is 10.3. The Bertz CT molecular complexity index is 469. The highest BCUT2D eigenvalue weighted by Crippen LogP contribution is 2.20. The molecule has 1 rings (SSSR count). The van der Waals surface area contributed by atoms with Crippen molar-refractivity contribution >= 4 is 17.5 Å². The molecule has 5 nitrogen and oxygen atoms in total. The van der Waals surface area contributed by atoms with Crippen LogP contribution >= 0.6 is 0 Å². The van der Waals surface area contributed by atoms with Crippen LogP contribution in [0.1, 0.15) is 34.1 Å². The molecule has 1 aromatic rings. The van der Waals surface area contributed by atoms with Crippen molar-refractivity contribution in [1.29, 1.82) is 0 Å². The van der Waals surface area contributed by atoms with E-state index in [4.69, 9.17) is 4.74 Å². The van der Waals surface area contributed by atoms with Gasteiger partial charge in [-0.3, -0.25) is 9.59 Å². The van der Waals surface area contributed by atoms with E-state index in [1.807, 2.05) is 38.1 Å². The van der Waals surface area contributed by atoms with Gasteiger partial charge in [0.15, 0.2) is 0 Å². The smallest absolute Gasteiger partial charge is 0.223 e. The number of nitrogens with zero attached hydrogens (tertiary/aromatic N) is 1. The van der Waals surface area contributed by atoms with Crippen molar-refractivity contribution in [3.05, 3.63) is 24.3 Å².